The molecule has 2 heterocycles. The van der Waals surface area contributed by atoms with E-state index >= 15 is 0 Å². The molecule has 0 saturated carbocycles. The van der Waals surface area contributed by atoms with Crippen LogP contribution in [0.1, 0.15) is 43.7 Å². The second kappa shape index (κ2) is 5.05. The van der Waals surface area contributed by atoms with Crippen LogP contribution in [0.25, 0.3) is 0 Å². The van der Waals surface area contributed by atoms with Gasteiger partial charge in [0.15, 0.2) is 0 Å². The van der Waals surface area contributed by atoms with Gasteiger partial charge in [-0.15, -0.1) is 0 Å². The van der Waals surface area contributed by atoms with Crippen LogP contribution >= 0.6 is 11.6 Å². The van der Waals surface area contributed by atoms with Gasteiger partial charge in [0.25, 0.3) is 5.91 Å². The Morgan fingerprint density at radius 2 is 2.10 bits per heavy atom. The van der Waals surface area contributed by atoms with Crippen molar-refractivity contribution in [1.82, 2.24) is 9.88 Å². The topological polar surface area (TPSA) is 59.5 Å². The summed E-state index contributed by atoms with van der Waals surface area (Å²) in [4.78, 5) is 29.8. The van der Waals surface area contributed by atoms with E-state index in [1.54, 1.807) is 39.8 Å². The van der Waals surface area contributed by atoms with Gasteiger partial charge in [0.2, 0.25) is 0 Å². The van der Waals surface area contributed by atoms with Crippen LogP contribution in [-0.2, 0) is 16.1 Å². The van der Waals surface area contributed by atoms with Crippen LogP contribution in [0, 0.1) is 0 Å². The van der Waals surface area contributed by atoms with Gasteiger partial charge in [-0.1, -0.05) is 17.7 Å². The summed E-state index contributed by atoms with van der Waals surface area (Å²) in [5, 5.41) is 0.267. The molecule has 0 fully saturated rings. The van der Waals surface area contributed by atoms with Gasteiger partial charge >= 0.3 is 5.97 Å². The Morgan fingerprint density at radius 1 is 1.45 bits per heavy atom. The lowest BCUT2D eigenvalue weighted by molar-refractivity contribution is -0.159. The molecule has 1 aromatic heterocycles. The monoisotopic (exact) mass is 296 g/mol. The van der Waals surface area contributed by atoms with Crippen molar-refractivity contribution in [3.63, 3.8) is 0 Å². The minimum Gasteiger partial charge on any atom is -0.458 e. The van der Waals surface area contributed by atoms with Gasteiger partial charge in [0, 0.05) is 12.1 Å². The lowest BCUT2D eigenvalue weighted by Crippen LogP contribution is -2.42. The molecule has 0 radical (unpaired) electrons. The molecule has 0 saturated heterocycles. The number of nitrogens with zero attached hydrogens (tertiary/aromatic N) is 2. The van der Waals surface area contributed by atoms with Gasteiger partial charge in [-0.2, -0.15) is 0 Å². The summed E-state index contributed by atoms with van der Waals surface area (Å²) in [7, 11) is 0. The van der Waals surface area contributed by atoms with E-state index < -0.39 is 17.6 Å². The van der Waals surface area contributed by atoms with Crippen LogP contribution in [0.5, 0.6) is 0 Å². The zero-order valence-corrected chi connectivity index (χ0v) is 12.7. The molecule has 1 aliphatic heterocycles. The average molecular weight is 297 g/mol. The zero-order chi connectivity index (χ0) is 15.1. The Hall–Kier alpha value is -1.62. The van der Waals surface area contributed by atoms with Crippen LogP contribution in [0.4, 0.5) is 0 Å². The molecular weight excluding hydrogens is 280 g/mol. The van der Waals surface area contributed by atoms with Crippen molar-refractivity contribution in [2.75, 3.05) is 0 Å². The summed E-state index contributed by atoms with van der Waals surface area (Å²) in [5.41, 5.74) is 0.505. The van der Waals surface area contributed by atoms with Crippen LogP contribution < -0.4 is 0 Å². The number of hydrogen-bond donors (Lipinski definition) is 0. The Balaban J connectivity index is 2.17. The lowest BCUT2D eigenvalue weighted by atomic mass is 10.2. The van der Waals surface area contributed by atoms with Gasteiger partial charge in [-0.25, -0.2) is 9.78 Å². The van der Waals surface area contributed by atoms with E-state index in [1.165, 1.54) is 4.90 Å². The molecule has 2 rings (SSSR count). The van der Waals surface area contributed by atoms with Gasteiger partial charge in [0.05, 0.1) is 0 Å². The molecule has 0 spiro atoms. The molecular formula is C14H17ClN2O3. The van der Waals surface area contributed by atoms with Crippen LogP contribution in [0.2, 0.25) is 5.15 Å². The Morgan fingerprint density at radius 3 is 2.70 bits per heavy atom. The summed E-state index contributed by atoms with van der Waals surface area (Å²) < 4.78 is 5.30. The fourth-order valence-corrected chi connectivity index (χ4v) is 2.14. The highest BCUT2D eigenvalue weighted by atomic mass is 35.5. The highest BCUT2D eigenvalue weighted by molar-refractivity contribution is 6.29. The van der Waals surface area contributed by atoms with Crippen molar-refractivity contribution in [1.29, 1.82) is 0 Å². The maximum atomic E-state index is 12.3. The maximum Gasteiger partial charge on any atom is 0.329 e. The summed E-state index contributed by atoms with van der Waals surface area (Å²) >= 11 is 5.79. The largest absolute Gasteiger partial charge is 0.458 e. The van der Waals surface area contributed by atoms with E-state index in [9.17, 15) is 9.59 Å². The predicted octanol–water partition coefficient (Wildman–Crippen LogP) is 2.42. The third kappa shape index (κ3) is 2.93. The molecule has 0 aliphatic carbocycles. The first-order valence-electron chi connectivity index (χ1n) is 6.38. The van der Waals surface area contributed by atoms with Crippen molar-refractivity contribution in [3.05, 3.63) is 28.5 Å². The Bertz CT molecular complexity index is 566. The highest BCUT2D eigenvalue weighted by Gasteiger charge is 2.36. The standard InChI is InChI=1S/C14H17ClN2O3/c1-8(13(19)20-14(2,3)4)17-7-9-5-6-10(15)16-11(9)12(17)18/h5-6,8H,7H2,1-4H3/t8-/m1/s1. The molecule has 1 aromatic rings. The molecule has 0 aromatic carbocycles. The third-order valence-corrected chi connectivity index (χ3v) is 3.17. The predicted molar refractivity (Wildman–Crippen MR) is 74.4 cm³/mol. The van der Waals surface area contributed by atoms with Gasteiger partial charge in [-0.05, 0) is 33.8 Å². The molecule has 5 nitrogen and oxygen atoms in total. The number of amides is 1. The first-order chi connectivity index (χ1) is 9.19. The summed E-state index contributed by atoms with van der Waals surface area (Å²) in [5.74, 6) is -0.717. The van der Waals surface area contributed by atoms with Gasteiger partial charge in [0.1, 0.15) is 22.5 Å². The Labute approximate surface area is 122 Å². The average Bonchev–Trinajstić information content (AvgIpc) is 2.64. The molecule has 6 heteroatoms. The van der Waals surface area contributed by atoms with Crippen LogP contribution in [0.3, 0.4) is 0 Å². The van der Waals surface area contributed by atoms with E-state index in [2.05, 4.69) is 4.98 Å². The first-order valence-corrected chi connectivity index (χ1v) is 6.76. The second-order valence-electron chi connectivity index (χ2n) is 5.78. The van der Waals surface area contributed by atoms with Crippen molar-refractivity contribution < 1.29 is 14.3 Å². The number of aromatic nitrogens is 1. The van der Waals surface area contributed by atoms with Crippen molar-refractivity contribution in [3.8, 4) is 0 Å². The molecule has 108 valence electrons. The van der Waals surface area contributed by atoms with Gasteiger partial charge < -0.3 is 9.64 Å². The zero-order valence-electron chi connectivity index (χ0n) is 11.9. The second-order valence-corrected chi connectivity index (χ2v) is 6.17. The number of rotatable bonds is 2. The molecule has 20 heavy (non-hydrogen) atoms. The molecule has 0 bridgehead atoms. The van der Waals surface area contributed by atoms with E-state index in [0.29, 0.717) is 12.2 Å². The third-order valence-electron chi connectivity index (χ3n) is 2.96. The lowest BCUT2D eigenvalue weighted by Gasteiger charge is -2.27. The number of hydrogen-bond acceptors (Lipinski definition) is 4. The summed E-state index contributed by atoms with van der Waals surface area (Å²) in [6, 6.07) is 2.73. The summed E-state index contributed by atoms with van der Waals surface area (Å²) in [6.45, 7) is 7.37. The smallest absolute Gasteiger partial charge is 0.329 e. The number of halogens is 1. The minimum absolute atomic E-state index is 0.267. The number of ether oxygens (including phenoxy) is 1. The molecule has 1 aliphatic rings. The first kappa shape index (κ1) is 14.8. The summed E-state index contributed by atoms with van der Waals surface area (Å²) in [6.07, 6.45) is 0. The fraction of sp³-hybridized carbons (Fsp3) is 0.500. The van der Waals surface area contributed by atoms with Gasteiger partial charge in [-0.3, -0.25) is 4.79 Å². The molecule has 1 atom stereocenters. The SMILES string of the molecule is C[C@H](C(=O)OC(C)(C)C)N1Cc2ccc(Cl)nc2C1=O. The number of carbonyl (C=O) groups excluding carboxylic acids is 2. The number of pyridine rings is 1. The minimum atomic E-state index is -0.658. The normalized spacial score (nSPS) is 16.1. The molecule has 0 unspecified atom stereocenters. The van der Waals surface area contributed by atoms with E-state index in [4.69, 9.17) is 16.3 Å². The number of fused-ring (bicyclic) bond motifs is 1. The maximum absolute atomic E-state index is 12.3. The van der Waals surface area contributed by atoms with E-state index in [1.807, 2.05) is 0 Å². The highest BCUT2D eigenvalue weighted by Crippen LogP contribution is 2.25. The van der Waals surface area contributed by atoms with Crippen molar-refractivity contribution in [2.24, 2.45) is 0 Å². The van der Waals surface area contributed by atoms with E-state index in [-0.39, 0.29) is 11.1 Å². The van der Waals surface area contributed by atoms with Crippen molar-refractivity contribution >= 4 is 23.5 Å². The molecule has 1 amide bonds. The van der Waals surface area contributed by atoms with Crippen LogP contribution in [-0.4, -0.2) is 33.4 Å². The number of carbonyl (C=O) groups is 2. The molecule has 0 N–H and O–H groups in total. The van der Waals surface area contributed by atoms with Crippen LogP contribution in [0.15, 0.2) is 12.1 Å². The Kier molecular flexibility index (Phi) is 3.73. The fourth-order valence-electron chi connectivity index (χ4n) is 2.00. The van der Waals surface area contributed by atoms with E-state index in [0.717, 1.165) is 5.56 Å². The van der Waals surface area contributed by atoms with Crippen molar-refractivity contribution in [2.45, 2.75) is 45.9 Å². The number of esters is 1. The quantitative estimate of drug-likeness (QED) is 0.621.